The van der Waals surface area contributed by atoms with Crippen LogP contribution in [0, 0.1) is 0 Å². The van der Waals surface area contributed by atoms with Crippen LogP contribution in [0.15, 0.2) is 22.4 Å². The predicted octanol–water partition coefficient (Wildman–Crippen LogP) is 0.868. The van der Waals surface area contributed by atoms with E-state index in [-0.39, 0.29) is 0 Å². The van der Waals surface area contributed by atoms with Crippen LogP contribution in [0.25, 0.3) is 0 Å². The molecular formula is C8H9ClN6S. The lowest BCUT2D eigenvalue weighted by Gasteiger charge is -2.05. The van der Waals surface area contributed by atoms with Gasteiger partial charge in [-0.3, -0.25) is 0 Å². The maximum Gasteiger partial charge on any atom is 0.215 e. The van der Waals surface area contributed by atoms with E-state index in [0.717, 1.165) is 5.56 Å². The molecule has 6 nitrogen and oxygen atoms in total. The highest BCUT2D eigenvalue weighted by molar-refractivity contribution is 7.99. The van der Waals surface area contributed by atoms with Crippen molar-refractivity contribution in [3.63, 3.8) is 0 Å². The molecule has 0 aliphatic heterocycles. The van der Waals surface area contributed by atoms with Gasteiger partial charge in [0.1, 0.15) is 5.03 Å². The molecule has 0 unspecified atom stereocenters. The molecule has 0 bridgehead atoms. The summed E-state index contributed by atoms with van der Waals surface area (Å²) in [5.74, 6) is 0. The first-order valence-corrected chi connectivity index (χ1v) is 5.65. The largest absolute Gasteiger partial charge is 0.326 e. The van der Waals surface area contributed by atoms with Crippen molar-refractivity contribution in [1.82, 2.24) is 25.2 Å². The van der Waals surface area contributed by atoms with E-state index in [1.807, 2.05) is 0 Å². The highest BCUT2D eigenvalue weighted by Crippen LogP contribution is 2.31. The van der Waals surface area contributed by atoms with Gasteiger partial charge in [0.2, 0.25) is 5.16 Å². The first-order valence-electron chi connectivity index (χ1n) is 4.46. The van der Waals surface area contributed by atoms with Crippen molar-refractivity contribution >= 4 is 23.4 Å². The van der Waals surface area contributed by atoms with Crippen LogP contribution in [0.2, 0.25) is 5.02 Å². The molecule has 0 spiro atoms. The quantitative estimate of drug-likeness (QED) is 0.877. The van der Waals surface area contributed by atoms with Gasteiger partial charge in [0, 0.05) is 19.8 Å². The van der Waals surface area contributed by atoms with E-state index in [9.17, 15) is 0 Å². The minimum Gasteiger partial charge on any atom is -0.326 e. The summed E-state index contributed by atoms with van der Waals surface area (Å²) in [4.78, 5) is 4.17. The summed E-state index contributed by atoms with van der Waals surface area (Å²) in [5.41, 5.74) is 6.41. The Morgan fingerprint density at radius 1 is 1.56 bits per heavy atom. The molecule has 2 aromatic heterocycles. The predicted molar refractivity (Wildman–Crippen MR) is 60.1 cm³/mol. The second-order valence-corrected chi connectivity index (χ2v) is 4.31. The van der Waals surface area contributed by atoms with Crippen molar-refractivity contribution in [2.45, 2.75) is 16.7 Å². The summed E-state index contributed by atoms with van der Waals surface area (Å²) < 4.78 is 1.55. The van der Waals surface area contributed by atoms with Gasteiger partial charge in [0.15, 0.2) is 0 Å². The van der Waals surface area contributed by atoms with Crippen LogP contribution < -0.4 is 5.73 Å². The lowest BCUT2D eigenvalue weighted by molar-refractivity contribution is 0.664. The van der Waals surface area contributed by atoms with E-state index < -0.39 is 0 Å². The Morgan fingerprint density at radius 2 is 2.38 bits per heavy atom. The molecule has 0 saturated heterocycles. The minimum absolute atomic E-state index is 0.381. The van der Waals surface area contributed by atoms with Gasteiger partial charge in [-0.15, -0.1) is 5.10 Å². The van der Waals surface area contributed by atoms with Gasteiger partial charge >= 0.3 is 0 Å². The number of aryl methyl sites for hydroxylation is 1. The Kier molecular flexibility index (Phi) is 3.37. The van der Waals surface area contributed by atoms with Gasteiger partial charge in [0.25, 0.3) is 0 Å². The molecule has 0 fully saturated rings. The van der Waals surface area contributed by atoms with Crippen LogP contribution in [0.4, 0.5) is 0 Å². The zero-order chi connectivity index (χ0) is 11.5. The standard InChI is InChI=1S/C8H9ClN6S/c1-15-8(12-13-14-15)16-7-6(9)5(4-10)2-3-11-7/h2-3H,4,10H2,1H3. The highest BCUT2D eigenvalue weighted by Gasteiger charge is 2.11. The molecule has 16 heavy (non-hydrogen) atoms. The van der Waals surface area contributed by atoms with Crippen molar-refractivity contribution in [3.8, 4) is 0 Å². The van der Waals surface area contributed by atoms with Gasteiger partial charge in [-0.1, -0.05) is 11.6 Å². The van der Waals surface area contributed by atoms with Crippen LogP contribution in [0.1, 0.15) is 5.56 Å². The number of rotatable bonds is 3. The molecule has 0 saturated carbocycles. The SMILES string of the molecule is Cn1nnnc1Sc1nccc(CN)c1Cl. The van der Waals surface area contributed by atoms with Crippen molar-refractivity contribution < 1.29 is 0 Å². The lowest BCUT2D eigenvalue weighted by atomic mass is 10.3. The monoisotopic (exact) mass is 256 g/mol. The number of halogens is 1. The van der Waals surface area contributed by atoms with Crippen LogP contribution >= 0.6 is 23.4 Å². The molecule has 2 N–H and O–H groups in total. The maximum atomic E-state index is 6.14. The number of hydrogen-bond acceptors (Lipinski definition) is 6. The molecule has 2 heterocycles. The molecule has 0 aliphatic carbocycles. The lowest BCUT2D eigenvalue weighted by Crippen LogP contribution is -1.99. The minimum atomic E-state index is 0.381. The van der Waals surface area contributed by atoms with Crippen LogP contribution in [0.3, 0.4) is 0 Å². The van der Waals surface area contributed by atoms with Crippen molar-refractivity contribution in [2.24, 2.45) is 12.8 Å². The summed E-state index contributed by atoms with van der Waals surface area (Å²) in [6.07, 6.45) is 1.67. The molecule has 0 amide bonds. The third-order valence-electron chi connectivity index (χ3n) is 1.93. The molecule has 8 heteroatoms. The fraction of sp³-hybridized carbons (Fsp3) is 0.250. The number of pyridine rings is 1. The Balaban J connectivity index is 2.32. The fourth-order valence-corrected chi connectivity index (χ4v) is 2.14. The molecule has 2 aromatic rings. The molecule has 0 atom stereocenters. The Labute approximate surface area is 101 Å². The van der Waals surface area contributed by atoms with Crippen LogP contribution in [-0.4, -0.2) is 25.2 Å². The van der Waals surface area contributed by atoms with Crippen LogP contribution in [0.5, 0.6) is 0 Å². The first-order chi connectivity index (χ1) is 7.72. The van der Waals surface area contributed by atoms with E-state index in [4.69, 9.17) is 17.3 Å². The highest BCUT2D eigenvalue weighted by atomic mass is 35.5. The molecule has 0 aliphatic rings. The van der Waals surface area contributed by atoms with E-state index in [2.05, 4.69) is 20.5 Å². The van der Waals surface area contributed by atoms with Gasteiger partial charge in [-0.2, -0.15) is 0 Å². The third kappa shape index (κ3) is 2.16. The fourth-order valence-electron chi connectivity index (χ4n) is 1.09. The Bertz CT molecular complexity index is 499. The zero-order valence-electron chi connectivity index (χ0n) is 8.46. The first kappa shape index (κ1) is 11.3. The number of aromatic nitrogens is 5. The summed E-state index contributed by atoms with van der Waals surface area (Å²) in [7, 11) is 1.75. The maximum absolute atomic E-state index is 6.14. The molecule has 0 aromatic carbocycles. The normalized spacial score (nSPS) is 10.7. The average molecular weight is 257 g/mol. The molecule has 84 valence electrons. The van der Waals surface area contributed by atoms with Crippen molar-refractivity contribution in [1.29, 1.82) is 0 Å². The number of hydrogen-bond donors (Lipinski definition) is 1. The molecule has 0 radical (unpaired) electrons. The molecule has 2 rings (SSSR count). The van der Waals surface area contributed by atoms with E-state index in [0.29, 0.717) is 21.7 Å². The number of tetrazole rings is 1. The van der Waals surface area contributed by atoms with Gasteiger partial charge in [0.05, 0.1) is 5.02 Å². The summed E-state index contributed by atoms with van der Waals surface area (Å²) in [5, 5.41) is 12.9. The van der Waals surface area contributed by atoms with E-state index in [1.165, 1.54) is 11.8 Å². The Morgan fingerprint density at radius 3 is 3.00 bits per heavy atom. The third-order valence-corrected chi connectivity index (χ3v) is 3.49. The van der Waals surface area contributed by atoms with E-state index >= 15 is 0 Å². The summed E-state index contributed by atoms with van der Waals surface area (Å²) in [6, 6.07) is 1.79. The average Bonchev–Trinajstić information content (AvgIpc) is 2.68. The van der Waals surface area contributed by atoms with Crippen molar-refractivity contribution in [2.75, 3.05) is 0 Å². The van der Waals surface area contributed by atoms with Crippen LogP contribution in [-0.2, 0) is 13.6 Å². The van der Waals surface area contributed by atoms with E-state index in [1.54, 1.807) is 24.0 Å². The zero-order valence-corrected chi connectivity index (χ0v) is 10.0. The topological polar surface area (TPSA) is 82.5 Å². The summed E-state index contributed by atoms with van der Waals surface area (Å²) in [6.45, 7) is 0.381. The second-order valence-electron chi connectivity index (χ2n) is 2.98. The van der Waals surface area contributed by atoms with Gasteiger partial charge in [-0.05, 0) is 33.8 Å². The number of nitrogens with zero attached hydrogens (tertiary/aromatic N) is 5. The van der Waals surface area contributed by atoms with Gasteiger partial charge in [-0.25, -0.2) is 9.67 Å². The second kappa shape index (κ2) is 4.77. The smallest absolute Gasteiger partial charge is 0.215 e. The van der Waals surface area contributed by atoms with Crippen molar-refractivity contribution in [3.05, 3.63) is 22.8 Å². The summed E-state index contributed by atoms with van der Waals surface area (Å²) >= 11 is 7.44. The number of nitrogens with two attached hydrogens (primary N) is 1. The molecular weight excluding hydrogens is 248 g/mol. The Hall–Kier alpha value is -1.18. The van der Waals surface area contributed by atoms with Gasteiger partial charge < -0.3 is 5.73 Å².